The Bertz CT molecular complexity index is 839. The van der Waals surface area contributed by atoms with E-state index in [1.807, 2.05) is 18.2 Å². The maximum Gasteiger partial charge on any atom is 0.231 e. The van der Waals surface area contributed by atoms with Gasteiger partial charge < -0.3 is 24.6 Å². The molecule has 142 valence electrons. The van der Waals surface area contributed by atoms with Crippen LogP contribution < -0.4 is 19.7 Å². The van der Waals surface area contributed by atoms with Crippen LogP contribution in [-0.2, 0) is 6.54 Å². The standard InChI is InChI=1S/C18H18Cl2N4O2S/c19-13-9-21-10-14(20)17(13)23-3-5-24(6-4-23)18(27)22-8-12-1-2-15-16(7-12)26-11-25-15/h1-2,7,9-10H,3-6,8,11H2,(H,22,27). The van der Waals surface area contributed by atoms with Crippen molar-refractivity contribution in [2.75, 3.05) is 37.9 Å². The third kappa shape index (κ3) is 4.00. The lowest BCUT2D eigenvalue weighted by atomic mass is 10.2. The van der Waals surface area contributed by atoms with Gasteiger partial charge in [-0.1, -0.05) is 29.3 Å². The number of hydrogen-bond donors (Lipinski definition) is 1. The molecule has 0 bridgehead atoms. The molecule has 2 aromatic rings. The number of aromatic nitrogens is 1. The summed E-state index contributed by atoms with van der Waals surface area (Å²) in [6, 6.07) is 5.90. The second-order valence-electron chi connectivity index (χ2n) is 6.27. The van der Waals surface area contributed by atoms with E-state index in [0.29, 0.717) is 16.6 Å². The molecule has 6 nitrogen and oxygen atoms in total. The van der Waals surface area contributed by atoms with Crippen LogP contribution in [0.25, 0.3) is 0 Å². The zero-order valence-corrected chi connectivity index (χ0v) is 16.8. The third-order valence-corrected chi connectivity index (χ3v) is 5.55. The van der Waals surface area contributed by atoms with E-state index in [9.17, 15) is 0 Å². The largest absolute Gasteiger partial charge is 0.454 e. The van der Waals surface area contributed by atoms with Crippen LogP contribution in [0.15, 0.2) is 30.6 Å². The second-order valence-corrected chi connectivity index (χ2v) is 7.47. The summed E-state index contributed by atoms with van der Waals surface area (Å²) in [5.41, 5.74) is 1.93. The first kappa shape index (κ1) is 18.4. The average Bonchev–Trinajstić information content (AvgIpc) is 3.14. The first-order valence-corrected chi connectivity index (χ1v) is 9.73. The molecule has 1 fully saturated rings. The van der Waals surface area contributed by atoms with Crippen molar-refractivity contribution in [3.05, 3.63) is 46.2 Å². The average molecular weight is 425 g/mol. The van der Waals surface area contributed by atoms with Gasteiger partial charge in [-0.05, 0) is 29.9 Å². The highest BCUT2D eigenvalue weighted by atomic mass is 35.5. The van der Waals surface area contributed by atoms with Gasteiger partial charge in [0.15, 0.2) is 16.6 Å². The summed E-state index contributed by atoms with van der Waals surface area (Å²) in [6.07, 6.45) is 3.24. The van der Waals surface area contributed by atoms with Crippen LogP contribution >= 0.6 is 35.4 Å². The SMILES string of the molecule is S=C(NCc1ccc2c(c1)OCO2)N1CCN(c2c(Cl)cncc2Cl)CC1. The molecule has 1 aromatic heterocycles. The molecule has 1 saturated heterocycles. The van der Waals surface area contributed by atoms with E-state index in [1.165, 1.54) is 0 Å². The zero-order chi connectivity index (χ0) is 18.8. The molecular formula is C18H18Cl2N4O2S. The van der Waals surface area contributed by atoms with Crippen LogP contribution in [0.5, 0.6) is 11.5 Å². The van der Waals surface area contributed by atoms with Gasteiger partial charge in [-0.25, -0.2) is 0 Å². The molecule has 0 amide bonds. The second kappa shape index (κ2) is 7.96. The molecule has 9 heteroatoms. The van der Waals surface area contributed by atoms with Crippen molar-refractivity contribution < 1.29 is 9.47 Å². The fraction of sp³-hybridized carbons (Fsp3) is 0.333. The van der Waals surface area contributed by atoms with E-state index < -0.39 is 0 Å². The number of pyridine rings is 1. The van der Waals surface area contributed by atoms with Crippen molar-refractivity contribution in [2.24, 2.45) is 0 Å². The van der Waals surface area contributed by atoms with Crippen molar-refractivity contribution in [3.8, 4) is 11.5 Å². The number of nitrogens with zero attached hydrogens (tertiary/aromatic N) is 3. The van der Waals surface area contributed by atoms with E-state index >= 15 is 0 Å². The predicted molar refractivity (Wildman–Crippen MR) is 110 cm³/mol. The topological polar surface area (TPSA) is 49.9 Å². The Morgan fingerprint density at radius 3 is 2.52 bits per heavy atom. The smallest absolute Gasteiger partial charge is 0.231 e. The molecule has 2 aliphatic heterocycles. The maximum atomic E-state index is 6.26. The van der Waals surface area contributed by atoms with Crippen LogP contribution in [0.4, 0.5) is 5.69 Å². The summed E-state index contributed by atoms with van der Waals surface area (Å²) in [5, 5.41) is 5.19. The summed E-state index contributed by atoms with van der Waals surface area (Å²) in [6.45, 7) is 4.08. The molecule has 0 spiro atoms. The van der Waals surface area contributed by atoms with Gasteiger partial charge >= 0.3 is 0 Å². The molecule has 1 N–H and O–H groups in total. The molecule has 4 rings (SSSR count). The number of halogens is 2. The van der Waals surface area contributed by atoms with Gasteiger partial charge in [-0.3, -0.25) is 4.98 Å². The number of anilines is 1. The van der Waals surface area contributed by atoms with Gasteiger partial charge in [0.1, 0.15) is 0 Å². The zero-order valence-electron chi connectivity index (χ0n) is 14.5. The number of fused-ring (bicyclic) bond motifs is 1. The number of benzene rings is 1. The predicted octanol–water partition coefficient (Wildman–Crippen LogP) is 3.31. The summed E-state index contributed by atoms with van der Waals surface area (Å²) in [7, 11) is 0. The number of rotatable bonds is 3. The summed E-state index contributed by atoms with van der Waals surface area (Å²) in [4.78, 5) is 8.33. The summed E-state index contributed by atoms with van der Waals surface area (Å²) in [5.74, 6) is 1.56. The highest BCUT2D eigenvalue weighted by Gasteiger charge is 2.22. The van der Waals surface area contributed by atoms with E-state index in [0.717, 1.165) is 54.0 Å². The monoisotopic (exact) mass is 424 g/mol. The maximum absolute atomic E-state index is 6.26. The summed E-state index contributed by atoms with van der Waals surface area (Å²) < 4.78 is 10.7. The van der Waals surface area contributed by atoms with Crippen LogP contribution in [0, 0.1) is 0 Å². The Labute approximate surface area is 173 Å². The lowest BCUT2D eigenvalue weighted by molar-refractivity contribution is 0.174. The molecule has 0 unspecified atom stereocenters. The lowest BCUT2D eigenvalue weighted by Gasteiger charge is -2.38. The first-order valence-electron chi connectivity index (χ1n) is 8.57. The van der Waals surface area contributed by atoms with E-state index in [4.69, 9.17) is 44.9 Å². The highest BCUT2D eigenvalue weighted by Crippen LogP contribution is 2.33. The number of ether oxygens (including phenoxy) is 2. The Hall–Kier alpha value is -1.96. The fourth-order valence-corrected chi connectivity index (χ4v) is 4.04. The molecule has 0 radical (unpaired) electrons. The lowest BCUT2D eigenvalue weighted by Crippen LogP contribution is -2.51. The van der Waals surface area contributed by atoms with Crippen molar-refractivity contribution in [2.45, 2.75) is 6.54 Å². The third-order valence-electron chi connectivity index (χ3n) is 4.59. The van der Waals surface area contributed by atoms with Gasteiger partial charge in [0.25, 0.3) is 0 Å². The van der Waals surface area contributed by atoms with Crippen molar-refractivity contribution in [1.29, 1.82) is 0 Å². The van der Waals surface area contributed by atoms with Gasteiger partial charge in [0, 0.05) is 45.1 Å². The number of thiocarbonyl (C=S) groups is 1. The molecule has 2 aliphatic rings. The van der Waals surface area contributed by atoms with Crippen LogP contribution in [0.3, 0.4) is 0 Å². The number of piperazine rings is 1. The van der Waals surface area contributed by atoms with Gasteiger partial charge in [0.05, 0.1) is 15.7 Å². The Kier molecular flexibility index (Phi) is 5.43. The quantitative estimate of drug-likeness (QED) is 0.758. The van der Waals surface area contributed by atoms with Crippen LogP contribution in [0.2, 0.25) is 10.0 Å². The molecular weight excluding hydrogens is 407 g/mol. The molecule has 0 aliphatic carbocycles. The minimum absolute atomic E-state index is 0.278. The fourth-order valence-electron chi connectivity index (χ4n) is 3.18. The van der Waals surface area contributed by atoms with Crippen LogP contribution in [-0.4, -0.2) is 48.0 Å². The van der Waals surface area contributed by atoms with Gasteiger partial charge in [0.2, 0.25) is 6.79 Å². The minimum Gasteiger partial charge on any atom is -0.454 e. The molecule has 3 heterocycles. The van der Waals surface area contributed by atoms with Gasteiger partial charge in [-0.2, -0.15) is 0 Å². The Balaban J connectivity index is 1.31. The molecule has 1 aromatic carbocycles. The van der Waals surface area contributed by atoms with E-state index in [1.54, 1.807) is 12.4 Å². The van der Waals surface area contributed by atoms with Crippen molar-refractivity contribution >= 4 is 46.2 Å². The van der Waals surface area contributed by atoms with Gasteiger partial charge in [-0.15, -0.1) is 0 Å². The Morgan fingerprint density at radius 1 is 1.07 bits per heavy atom. The molecule has 27 heavy (non-hydrogen) atoms. The van der Waals surface area contributed by atoms with Crippen molar-refractivity contribution in [1.82, 2.24) is 15.2 Å². The Morgan fingerprint density at radius 2 is 1.78 bits per heavy atom. The number of hydrogen-bond acceptors (Lipinski definition) is 5. The normalized spacial score (nSPS) is 15.8. The molecule has 0 atom stereocenters. The highest BCUT2D eigenvalue weighted by molar-refractivity contribution is 7.80. The molecule has 0 saturated carbocycles. The minimum atomic E-state index is 0.278. The van der Waals surface area contributed by atoms with E-state index in [2.05, 4.69) is 20.1 Å². The van der Waals surface area contributed by atoms with Crippen LogP contribution in [0.1, 0.15) is 5.56 Å². The summed E-state index contributed by atoms with van der Waals surface area (Å²) >= 11 is 18.1. The first-order chi connectivity index (χ1) is 13.1. The number of nitrogens with one attached hydrogen (secondary N) is 1. The van der Waals surface area contributed by atoms with E-state index in [-0.39, 0.29) is 6.79 Å². The van der Waals surface area contributed by atoms with Crippen molar-refractivity contribution in [3.63, 3.8) is 0 Å².